The Bertz CT molecular complexity index is 265. The Morgan fingerprint density at radius 2 is 2.00 bits per heavy atom. The van der Waals surface area contributed by atoms with Gasteiger partial charge < -0.3 is 4.74 Å². The Morgan fingerprint density at radius 1 is 1.38 bits per heavy atom. The first-order chi connectivity index (χ1) is 6.29. The van der Waals surface area contributed by atoms with Gasteiger partial charge in [-0.3, -0.25) is 0 Å². The average Bonchev–Trinajstić information content (AvgIpc) is 2.20. The smallest absolute Gasteiger partial charge is 0.348 e. The maximum absolute atomic E-state index is 11.1. The average molecular weight is 179 g/mol. The molecule has 0 heterocycles. The van der Waals surface area contributed by atoms with Gasteiger partial charge in [-0.2, -0.15) is 5.26 Å². The largest absolute Gasteiger partial charge is 0.465 e. The van der Waals surface area contributed by atoms with E-state index in [0.717, 1.165) is 31.3 Å². The van der Waals surface area contributed by atoms with Gasteiger partial charge in [0.2, 0.25) is 0 Å². The maximum Gasteiger partial charge on any atom is 0.348 e. The fourth-order valence-electron chi connectivity index (χ4n) is 1.60. The number of hydrogen-bond donors (Lipinski definition) is 0. The first kappa shape index (κ1) is 9.79. The van der Waals surface area contributed by atoms with E-state index in [9.17, 15) is 4.79 Å². The van der Waals surface area contributed by atoms with Crippen molar-refractivity contribution in [2.75, 3.05) is 7.11 Å². The predicted octanol–water partition coefficient (Wildman–Crippen LogP) is 1.94. The van der Waals surface area contributed by atoms with Gasteiger partial charge >= 0.3 is 5.97 Å². The van der Waals surface area contributed by atoms with Crippen molar-refractivity contribution in [3.63, 3.8) is 0 Å². The van der Waals surface area contributed by atoms with E-state index in [0.29, 0.717) is 0 Å². The molecule has 0 unspecified atom stereocenters. The fraction of sp³-hybridized carbons (Fsp3) is 0.600. The second-order valence-corrected chi connectivity index (χ2v) is 3.14. The fourth-order valence-corrected chi connectivity index (χ4v) is 1.60. The number of nitriles is 1. The van der Waals surface area contributed by atoms with Gasteiger partial charge in [0, 0.05) is 0 Å². The summed E-state index contributed by atoms with van der Waals surface area (Å²) in [5.74, 6) is -0.487. The number of carbonyl (C=O) groups is 1. The highest BCUT2D eigenvalue weighted by atomic mass is 16.5. The molecule has 70 valence electrons. The van der Waals surface area contributed by atoms with Gasteiger partial charge in [0.25, 0.3) is 0 Å². The molecule has 1 aliphatic carbocycles. The summed E-state index contributed by atoms with van der Waals surface area (Å²) in [4.78, 5) is 11.1. The molecule has 3 heteroatoms. The molecule has 1 rings (SSSR count). The van der Waals surface area contributed by atoms with Crippen LogP contribution >= 0.6 is 0 Å². The van der Waals surface area contributed by atoms with Crippen LogP contribution < -0.4 is 0 Å². The first-order valence-electron chi connectivity index (χ1n) is 4.50. The van der Waals surface area contributed by atoms with E-state index in [1.807, 2.05) is 6.07 Å². The highest BCUT2D eigenvalue weighted by molar-refractivity contribution is 5.93. The Balaban J connectivity index is 2.84. The van der Waals surface area contributed by atoms with Crippen LogP contribution in [0.1, 0.15) is 32.1 Å². The molecule has 1 fully saturated rings. The summed E-state index contributed by atoms with van der Waals surface area (Å²) < 4.78 is 4.54. The van der Waals surface area contributed by atoms with Crippen LogP contribution in [0.3, 0.4) is 0 Å². The third-order valence-corrected chi connectivity index (χ3v) is 2.31. The molecular weight excluding hydrogens is 166 g/mol. The van der Waals surface area contributed by atoms with Crippen molar-refractivity contribution >= 4 is 5.97 Å². The van der Waals surface area contributed by atoms with Gasteiger partial charge in [0.1, 0.15) is 11.6 Å². The molecule has 0 aliphatic heterocycles. The van der Waals surface area contributed by atoms with Gasteiger partial charge in [0.15, 0.2) is 0 Å². The molecule has 1 aliphatic rings. The summed E-state index contributed by atoms with van der Waals surface area (Å²) in [7, 11) is 1.31. The highest BCUT2D eigenvalue weighted by Crippen LogP contribution is 2.25. The number of nitrogens with zero attached hydrogens (tertiary/aromatic N) is 1. The Morgan fingerprint density at radius 3 is 2.46 bits per heavy atom. The second-order valence-electron chi connectivity index (χ2n) is 3.14. The number of hydrogen-bond acceptors (Lipinski definition) is 3. The molecule has 0 aromatic rings. The summed E-state index contributed by atoms with van der Waals surface area (Å²) >= 11 is 0. The maximum atomic E-state index is 11.1. The lowest BCUT2D eigenvalue weighted by Gasteiger charge is -2.14. The normalized spacial score (nSPS) is 16.2. The van der Waals surface area contributed by atoms with E-state index in [1.165, 1.54) is 13.5 Å². The van der Waals surface area contributed by atoms with Crippen LogP contribution in [0.2, 0.25) is 0 Å². The van der Waals surface area contributed by atoms with Crippen molar-refractivity contribution in [3.8, 4) is 6.07 Å². The van der Waals surface area contributed by atoms with Crippen molar-refractivity contribution in [2.24, 2.45) is 0 Å². The lowest BCUT2D eigenvalue weighted by molar-refractivity contribution is -0.135. The van der Waals surface area contributed by atoms with Gasteiger partial charge in [-0.15, -0.1) is 0 Å². The molecule has 0 atom stereocenters. The van der Waals surface area contributed by atoms with E-state index in [-0.39, 0.29) is 5.57 Å². The Kier molecular flexibility index (Phi) is 3.51. The van der Waals surface area contributed by atoms with Crippen LogP contribution in [-0.2, 0) is 9.53 Å². The SMILES string of the molecule is COC(=O)C(C#N)=C1CCCCC1. The van der Waals surface area contributed by atoms with Crippen LogP contribution in [0.5, 0.6) is 0 Å². The molecular formula is C10H13NO2. The zero-order chi connectivity index (χ0) is 9.68. The molecule has 0 N–H and O–H groups in total. The topological polar surface area (TPSA) is 50.1 Å². The van der Waals surface area contributed by atoms with Crippen molar-refractivity contribution in [2.45, 2.75) is 32.1 Å². The van der Waals surface area contributed by atoms with E-state index in [2.05, 4.69) is 4.74 Å². The van der Waals surface area contributed by atoms with Gasteiger partial charge in [-0.25, -0.2) is 4.79 Å². The van der Waals surface area contributed by atoms with Crippen molar-refractivity contribution < 1.29 is 9.53 Å². The Labute approximate surface area is 78.0 Å². The van der Waals surface area contributed by atoms with E-state index < -0.39 is 5.97 Å². The summed E-state index contributed by atoms with van der Waals surface area (Å²) in [5.41, 5.74) is 1.20. The number of esters is 1. The van der Waals surface area contributed by atoms with Crippen molar-refractivity contribution in [1.29, 1.82) is 5.26 Å². The number of allylic oxidation sites excluding steroid dienone is 1. The number of rotatable bonds is 1. The van der Waals surface area contributed by atoms with Crippen LogP contribution in [-0.4, -0.2) is 13.1 Å². The lowest BCUT2D eigenvalue weighted by atomic mass is 9.91. The molecule has 0 saturated heterocycles. The van der Waals surface area contributed by atoms with Gasteiger partial charge in [-0.05, 0) is 31.3 Å². The van der Waals surface area contributed by atoms with Crippen LogP contribution in [0, 0.1) is 11.3 Å². The summed E-state index contributed by atoms with van der Waals surface area (Å²) in [6.45, 7) is 0. The van der Waals surface area contributed by atoms with E-state index >= 15 is 0 Å². The summed E-state index contributed by atoms with van der Waals surface area (Å²) in [5, 5.41) is 8.77. The molecule has 0 radical (unpaired) electrons. The summed E-state index contributed by atoms with van der Waals surface area (Å²) in [6.07, 6.45) is 5.11. The third kappa shape index (κ3) is 2.32. The molecule has 0 aromatic carbocycles. The predicted molar refractivity (Wildman–Crippen MR) is 47.7 cm³/mol. The van der Waals surface area contributed by atoms with E-state index in [4.69, 9.17) is 5.26 Å². The molecule has 1 saturated carbocycles. The molecule has 0 aromatic heterocycles. The quantitative estimate of drug-likeness (QED) is 0.351. The van der Waals surface area contributed by atoms with E-state index in [1.54, 1.807) is 0 Å². The highest BCUT2D eigenvalue weighted by Gasteiger charge is 2.17. The number of methoxy groups -OCH3 is 1. The minimum atomic E-state index is -0.487. The number of carbonyl (C=O) groups excluding carboxylic acids is 1. The minimum absolute atomic E-state index is 0.224. The molecule has 0 amide bonds. The molecule has 3 nitrogen and oxygen atoms in total. The third-order valence-electron chi connectivity index (χ3n) is 2.31. The van der Waals surface area contributed by atoms with Crippen LogP contribution in [0.15, 0.2) is 11.1 Å². The Hall–Kier alpha value is -1.30. The number of ether oxygens (including phenoxy) is 1. The van der Waals surface area contributed by atoms with Crippen molar-refractivity contribution in [1.82, 2.24) is 0 Å². The monoisotopic (exact) mass is 179 g/mol. The van der Waals surface area contributed by atoms with Crippen LogP contribution in [0.4, 0.5) is 0 Å². The van der Waals surface area contributed by atoms with Gasteiger partial charge in [-0.1, -0.05) is 6.42 Å². The summed E-state index contributed by atoms with van der Waals surface area (Å²) in [6, 6.07) is 1.93. The lowest BCUT2D eigenvalue weighted by Crippen LogP contribution is -2.08. The zero-order valence-corrected chi connectivity index (χ0v) is 7.80. The molecule has 13 heavy (non-hydrogen) atoms. The zero-order valence-electron chi connectivity index (χ0n) is 7.80. The molecule has 0 bridgehead atoms. The standard InChI is InChI=1S/C10H13NO2/c1-13-10(12)9(7-11)8-5-3-2-4-6-8/h2-6H2,1H3. The van der Waals surface area contributed by atoms with Gasteiger partial charge in [0.05, 0.1) is 7.11 Å². The second kappa shape index (κ2) is 4.66. The molecule has 0 spiro atoms. The minimum Gasteiger partial charge on any atom is -0.465 e. The first-order valence-corrected chi connectivity index (χ1v) is 4.50. The van der Waals surface area contributed by atoms with Crippen LogP contribution in [0.25, 0.3) is 0 Å². The van der Waals surface area contributed by atoms with Crippen molar-refractivity contribution in [3.05, 3.63) is 11.1 Å².